The maximum absolute atomic E-state index is 13.0. The van der Waals surface area contributed by atoms with Gasteiger partial charge in [0.25, 0.3) is 0 Å². The Morgan fingerprint density at radius 1 is 1.35 bits per heavy atom. The third-order valence-electron chi connectivity index (χ3n) is 3.08. The van der Waals surface area contributed by atoms with E-state index in [1.807, 2.05) is 6.07 Å². The number of benzene rings is 1. The molecule has 0 radical (unpaired) electrons. The number of hydrogen-bond donors (Lipinski definition) is 1. The molecule has 0 aliphatic rings. The van der Waals surface area contributed by atoms with Crippen LogP contribution in [0.2, 0.25) is 0 Å². The number of halogens is 2. The van der Waals surface area contributed by atoms with Crippen LogP contribution in [0.25, 0.3) is 0 Å². The highest BCUT2D eigenvalue weighted by Gasteiger charge is 2.19. The second-order valence-corrected chi connectivity index (χ2v) is 5.91. The first-order chi connectivity index (χ1) is 7.83. The van der Waals surface area contributed by atoms with E-state index in [1.54, 1.807) is 6.07 Å². The van der Waals surface area contributed by atoms with Gasteiger partial charge in [0.1, 0.15) is 5.82 Å². The Labute approximate surface area is 111 Å². The monoisotopic (exact) mass is 302 g/mol. The first-order valence-corrected chi connectivity index (χ1v) is 6.44. The van der Waals surface area contributed by atoms with E-state index in [0.29, 0.717) is 4.47 Å². The van der Waals surface area contributed by atoms with Crippen molar-refractivity contribution in [1.29, 1.82) is 0 Å². The fraction of sp³-hybridized carbons (Fsp3) is 0.538. The Morgan fingerprint density at radius 2 is 2.00 bits per heavy atom. The lowest BCUT2D eigenvalue weighted by atomic mass is 10.0. The van der Waals surface area contributed by atoms with E-state index in [1.165, 1.54) is 6.07 Å². The molecule has 1 rings (SSSR count). The largest absolute Gasteiger partial charge is 0.311 e. The second-order valence-electron chi connectivity index (χ2n) is 5.06. The summed E-state index contributed by atoms with van der Waals surface area (Å²) in [5.41, 5.74) is 1.19. The van der Waals surface area contributed by atoms with E-state index in [-0.39, 0.29) is 11.4 Å². The molecule has 1 N–H and O–H groups in total. The quantitative estimate of drug-likeness (QED) is 0.899. The average molecular weight is 303 g/mol. The Hall–Kier alpha value is -0.450. The molecule has 96 valence electrons. The van der Waals surface area contributed by atoms with Gasteiger partial charge in [-0.05, 0) is 61.6 Å². The highest BCUT2D eigenvalue weighted by Crippen LogP contribution is 2.17. The van der Waals surface area contributed by atoms with Crippen molar-refractivity contribution >= 4 is 15.9 Å². The topological polar surface area (TPSA) is 15.3 Å². The van der Waals surface area contributed by atoms with Crippen molar-refractivity contribution in [3.8, 4) is 0 Å². The number of nitrogens with one attached hydrogen (secondary N) is 1. The van der Waals surface area contributed by atoms with Gasteiger partial charge in [-0.25, -0.2) is 4.39 Å². The minimum Gasteiger partial charge on any atom is -0.311 e. The van der Waals surface area contributed by atoms with Gasteiger partial charge in [0.15, 0.2) is 0 Å². The van der Waals surface area contributed by atoms with Crippen molar-refractivity contribution in [1.82, 2.24) is 10.2 Å². The molecule has 4 heteroatoms. The van der Waals surface area contributed by atoms with Crippen molar-refractivity contribution < 1.29 is 4.39 Å². The fourth-order valence-electron chi connectivity index (χ4n) is 1.32. The predicted octanol–water partition coefficient (Wildman–Crippen LogP) is 3.02. The van der Waals surface area contributed by atoms with Crippen molar-refractivity contribution in [2.45, 2.75) is 25.9 Å². The van der Waals surface area contributed by atoms with Crippen LogP contribution in [0, 0.1) is 5.82 Å². The van der Waals surface area contributed by atoms with Gasteiger partial charge in [-0.1, -0.05) is 6.07 Å². The summed E-state index contributed by atoms with van der Waals surface area (Å²) >= 11 is 3.19. The Bertz CT molecular complexity index is 378. The molecule has 0 aliphatic carbocycles. The maximum atomic E-state index is 13.0. The molecule has 0 aliphatic heterocycles. The second kappa shape index (κ2) is 5.94. The highest BCUT2D eigenvalue weighted by atomic mass is 79.9. The molecule has 0 spiro atoms. The Morgan fingerprint density at radius 3 is 2.53 bits per heavy atom. The lowest BCUT2D eigenvalue weighted by Crippen LogP contribution is -2.46. The molecule has 1 aromatic carbocycles. The molecule has 0 bridgehead atoms. The molecule has 0 amide bonds. The van der Waals surface area contributed by atoms with Crippen LogP contribution in [0.5, 0.6) is 0 Å². The Kier molecular flexibility index (Phi) is 5.10. The highest BCUT2D eigenvalue weighted by molar-refractivity contribution is 9.10. The molecule has 0 saturated heterocycles. The van der Waals surface area contributed by atoms with Gasteiger partial charge in [-0.2, -0.15) is 0 Å². The molecule has 0 unspecified atom stereocenters. The number of hydrogen-bond acceptors (Lipinski definition) is 2. The zero-order valence-electron chi connectivity index (χ0n) is 10.8. The van der Waals surface area contributed by atoms with Crippen molar-refractivity contribution in [3.63, 3.8) is 0 Å². The summed E-state index contributed by atoms with van der Waals surface area (Å²) in [6.45, 7) is 5.99. The number of rotatable bonds is 5. The van der Waals surface area contributed by atoms with Gasteiger partial charge >= 0.3 is 0 Å². The van der Waals surface area contributed by atoms with Gasteiger partial charge in [-0.15, -0.1) is 0 Å². The van der Waals surface area contributed by atoms with Crippen LogP contribution in [0.4, 0.5) is 4.39 Å². The standard InChI is InChI=1S/C13H20BrFN2/c1-13(2,17(3)4)9-16-8-10-5-6-12(15)11(14)7-10/h5-7,16H,8-9H2,1-4H3. The lowest BCUT2D eigenvalue weighted by Gasteiger charge is -2.32. The van der Waals surface area contributed by atoms with E-state index in [2.05, 4.69) is 54.1 Å². The normalized spacial score (nSPS) is 12.2. The summed E-state index contributed by atoms with van der Waals surface area (Å²) in [5.74, 6) is -0.220. The van der Waals surface area contributed by atoms with Crippen molar-refractivity contribution in [2.75, 3.05) is 20.6 Å². The molecule has 0 saturated carbocycles. The van der Waals surface area contributed by atoms with E-state index < -0.39 is 0 Å². The molecule has 0 heterocycles. The number of nitrogens with zero attached hydrogens (tertiary/aromatic N) is 1. The average Bonchev–Trinajstić information content (AvgIpc) is 2.23. The molecule has 2 nitrogen and oxygen atoms in total. The number of likely N-dealkylation sites (N-methyl/N-ethyl adjacent to an activating group) is 1. The van der Waals surface area contributed by atoms with Crippen LogP contribution < -0.4 is 5.32 Å². The first kappa shape index (κ1) is 14.6. The fourth-order valence-corrected chi connectivity index (χ4v) is 1.75. The molecular formula is C13H20BrFN2. The molecule has 0 fully saturated rings. The first-order valence-electron chi connectivity index (χ1n) is 5.65. The minimum absolute atomic E-state index is 0.108. The Balaban J connectivity index is 2.49. The van der Waals surface area contributed by atoms with Crippen LogP contribution in [0.3, 0.4) is 0 Å². The lowest BCUT2D eigenvalue weighted by molar-refractivity contribution is 0.190. The summed E-state index contributed by atoms with van der Waals surface area (Å²) in [4.78, 5) is 2.18. The zero-order chi connectivity index (χ0) is 13.1. The summed E-state index contributed by atoms with van der Waals surface area (Å²) < 4.78 is 13.6. The molecule has 1 aromatic rings. The van der Waals surface area contributed by atoms with Gasteiger partial charge in [0.05, 0.1) is 4.47 Å². The maximum Gasteiger partial charge on any atom is 0.137 e. The third kappa shape index (κ3) is 4.37. The van der Waals surface area contributed by atoms with E-state index in [9.17, 15) is 4.39 Å². The zero-order valence-corrected chi connectivity index (χ0v) is 12.4. The van der Waals surface area contributed by atoms with Crippen LogP contribution in [0.15, 0.2) is 22.7 Å². The van der Waals surface area contributed by atoms with Gasteiger partial charge in [0.2, 0.25) is 0 Å². The molecule has 17 heavy (non-hydrogen) atoms. The van der Waals surface area contributed by atoms with Crippen LogP contribution in [-0.2, 0) is 6.54 Å². The third-order valence-corrected chi connectivity index (χ3v) is 3.69. The van der Waals surface area contributed by atoms with Gasteiger partial charge < -0.3 is 10.2 Å². The van der Waals surface area contributed by atoms with E-state index >= 15 is 0 Å². The molecule has 0 aromatic heterocycles. The summed E-state index contributed by atoms with van der Waals surface area (Å²) in [6.07, 6.45) is 0. The summed E-state index contributed by atoms with van der Waals surface area (Å²) in [7, 11) is 4.13. The summed E-state index contributed by atoms with van der Waals surface area (Å²) in [5, 5.41) is 3.39. The van der Waals surface area contributed by atoms with Crippen LogP contribution in [-0.4, -0.2) is 31.1 Å². The van der Waals surface area contributed by atoms with E-state index in [4.69, 9.17) is 0 Å². The van der Waals surface area contributed by atoms with Gasteiger partial charge in [0, 0.05) is 18.6 Å². The predicted molar refractivity (Wildman–Crippen MR) is 73.6 cm³/mol. The van der Waals surface area contributed by atoms with Crippen LogP contribution >= 0.6 is 15.9 Å². The van der Waals surface area contributed by atoms with Crippen molar-refractivity contribution in [2.24, 2.45) is 0 Å². The SMILES string of the molecule is CN(C)C(C)(C)CNCc1ccc(F)c(Br)c1. The van der Waals surface area contributed by atoms with Crippen molar-refractivity contribution in [3.05, 3.63) is 34.1 Å². The summed E-state index contributed by atoms with van der Waals surface area (Å²) in [6, 6.07) is 5.10. The van der Waals surface area contributed by atoms with Gasteiger partial charge in [-0.3, -0.25) is 0 Å². The smallest absolute Gasteiger partial charge is 0.137 e. The molecule has 0 atom stereocenters. The molecular weight excluding hydrogens is 283 g/mol. The van der Waals surface area contributed by atoms with Crippen LogP contribution in [0.1, 0.15) is 19.4 Å². The minimum atomic E-state index is -0.220. The van der Waals surface area contributed by atoms with E-state index in [0.717, 1.165) is 18.7 Å².